The van der Waals surface area contributed by atoms with Crippen molar-refractivity contribution in [2.45, 2.75) is 0 Å². The Kier molecular flexibility index (Phi) is 6.73. The summed E-state index contributed by atoms with van der Waals surface area (Å²) in [7, 11) is 0. The summed E-state index contributed by atoms with van der Waals surface area (Å²) in [4.78, 5) is 0. The molecule has 12 rings (SSSR count). The second kappa shape index (κ2) is 12.1. The van der Waals surface area contributed by atoms with Gasteiger partial charge in [0.15, 0.2) is 0 Å². The second-order valence-corrected chi connectivity index (χ2v) is 15.1. The number of hydrogen-bond acceptors (Lipinski definition) is 0. The Morgan fingerprint density at radius 2 is 0.589 bits per heavy atom. The molecule has 0 fully saturated rings. The molecule has 0 atom stereocenters. The zero-order chi connectivity index (χ0) is 36.7. The van der Waals surface area contributed by atoms with Crippen molar-refractivity contribution in [2.24, 2.45) is 0 Å². The Bertz CT molecular complexity index is 3580. The van der Waals surface area contributed by atoms with Crippen molar-refractivity contribution in [3.05, 3.63) is 206 Å². The predicted octanol–water partition coefficient (Wildman–Crippen LogP) is 15.9. The molecule has 0 spiro atoms. The number of fused-ring (bicyclic) bond motifs is 13. The van der Waals surface area contributed by atoms with Crippen LogP contribution in [0.1, 0.15) is 0 Å². The Hall–Kier alpha value is -7.28. The average molecular weight is 707 g/mol. The lowest BCUT2D eigenvalue weighted by Crippen LogP contribution is -1.96. The molecule has 0 aliphatic carbocycles. The smallest absolute Gasteiger partial charge is 0.000763 e. The largest absolute Gasteiger partial charge is 0.0616 e. The summed E-state index contributed by atoms with van der Waals surface area (Å²) in [5.74, 6) is 0. The van der Waals surface area contributed by atoms with E-state index >= 15 is 0 Å². The van der Waals surface area contributed by atoms with Gasteiger partial charge in [-0.3, -0.25) is 0 Å². The molecule has 0 saturated carbocycles. The minimum atomic E-state index is 1.23. The van der Waals surface area contributed by atoms with Crippen molar-refractivity contribution in [3.63, 3.8) is 0 Å². The number of rotatable bonds is 3. The van der Waals surface area contributed by atoms with Crippen LogP contribution in [0.15, 0.2) is 206 Å². The Balaban J connectivity index is 1.36. The van der Waals surface area contributed by atoms with Gasteiger partial charge in [0, 0.05) is 0 Å². The first-order valence-electron chi connectivity index (χ1n) is 19.5. The normalized spacial score (nSPS) is 11.9. The summed E-state index contributed by atoms with van der Waals surface area (Å²) in [6.45, 7) is 0. The Labute approximate surface area is 324 Å². The molecule has 0 nitrogen and oxygen atoms in total. The molecule has 0 heterocycles. The highest BCUT2D eigenvalue weighted by atomic mass is 14.3. The summed E-state index contributed by atoms with van der Waals surface area (Å²) in [5.41, 5.74) is 7.49. The van der Waals surface area contributed by atoms with E-state index in [0.717, 1.165) is 0 Å². The third-order valence-electron chi connectivity index (χ3n) is 12.2. The molecule has 0 unspecified atom stereocenters. The van der Waals surface area contributed by atoms with Crippen molar-refractivity contribution < 1.29 is 0 Å². The highest BCUT2D eigenvalue weighted by molar-refractivity contribution is 6.36. The first-order valence-corrected chi connectivity index (χ1v) is 19.5. The molecule has 0 aromatic heterocycles. The highest BCUT2D eigenvalue weighted by Gasteiger charge is 2.24. The van der Waals surface area contributed by atoms with Crippen molar-refractivity contribution in [3.8, 4) is 33.4 Å². The van der Waals surface area contributed by atoms with Gasteiger partial charge in [-0.1, -0.05) is 206 Å². The van der Waals surface area contributed by atoms with E-state index in [1.807, 2.05) is 0 Å². The quantitative estimate of drug-likeness (QED) is 0.160. The van der Waals surface area contributed by atoms with Crippen LogP contribution in [0.5, 0.6) is 0 Å². The third-order valence-corrected chi connectivity index (χ3v) is 12.2. The van der Waals surface area contributed by atoms with Gasteiger partial charge < -0.3 is 0 Å². The van der Waals surface area contributed by atoms with E-state index in [1.54, 1.807) is 0 Å². The van der Waals surface area contributed by atoms with E-state index in [2.05, 4.69) is 206 Å². The molecule has 0 bridgehead atoms. The molecule has 0 N–H and O–H groups in total. The lowest BCUT2D eigenvalue weighted by molar-refractivity contribution is 1.64. The zero-order valence-electron chi connectivity index (χ0n) is 30.6. The van der Waals surface area contributed by atoms with Crippen LogP contribution in [0.25, 0.3) is 120 Å². The van der Waals surface area contributed by atoms with E-state index in [9.17, 15) is 0 Å². The van der Waals surface area contributed by atoms with Crippen LogP contribution in [0.3, 0.4) is 0 Å². The molecule has 0 aliphatic rings. The maximum absolute atomic E-state index is 2.41. The van der Waals surface area contributed by atoms with Gasteiger partial charge in [0.25, 0.3) is 0 Å². The minimum Gasteiger partial charge on any atom is -0.0616 e. The van der Waals surface area contributed by atoms with Gasteiger partial charge in [-0.05, 0) is 120 Å². The summed E-state index contributed by atoms with van der Waals surface area (Å²) < 4.78 is 0. The maximum Gasteiger partial charge on any atom is -0.000763 e. The standard InChI is InChI=1S/C56H34/c1-6-19-40-35(13-1)17-11-26-48(40)53-41-20-7-3-15-37(41)29-32-52(53)55-50(46-25-12-24-43-39-18-5-2-14-36(39)27-30-47(43)46)33-34-51-45-23-10-9-22-44(45)49-31-28-38-16-4-8-21-42(38)54(49)56(51)55/h1-34H. The van der Waals surface area contributed by atoms with E-state index in [0.29, 0.717) is 0 Å². The molecule has 12 aromatic rings. The lowest BCUT2D eigenvalue weighted by Gasteiger charge is -2.23. The van der Waals surface area contributed by atoms with Gasteiger partial charge in [0.2, 0.25) is 0 Å². The van der Waals surface area contributed by atoms with E-state index in [1.165, 1.54) is 120 Å². The number of benzene rings is 12. The van der Waals surface area contributed by atoms with Crippen LogP contribution in [0.2, 0.25) is 0 Å². The Morgan fingerprint density at radius 3 is 1.34 bits per heavy atom. The molecule has 12 aromatic carbocycles. The average Bonchev–Trinajstić information content (AvgIpc) is 3.27. The molecule has 56 heavy (non-hydrogen) atoms. The van der Waals surface area contributed by atoms with Crippen LogP contribution in [-0.2, 0) is 0 Å². The van der Waals surface area contributed by atoms with Crippen LogP contribution in [-0.4, -0.2) is 0 Å². The summed E-state index contributed by atoms with van der Waals surface area (Å²) in [5, 5.41) is 20.3. The topological polar surface area (TPSA) is 0 Å². The monoisotopic (exact) mass is 706 g/mol. The van der Waals surface area contributed by atoms with Crippen LogP contribution in [0, 0.1) is 0 Å². The first kappa shape index (κ1) is 31.1. The molecular formula is C56H34. The van der Waals surface area contributed by atoms with Crippen LogP contribution in [0.4, 0.5) is 0 Å². The molecule has 0 saturated heterocycles. The fraction of sp³-hybridized carbons (Fsp3) is 0. The van der Waals surface area contributed by atoms with Crippen molar-refractivity contribution in [1.82, 2.24) is 0 Å². The maximum atomic E-state index is 2.41. The minimum absolute atomic E-state index is 1.23. The van der Waals surface area contributed by atoms with E-state index in [4.69, 9.17) is 0 Å². The van der Waals surface area contributed by atoms with Gasteiger partial charge in [0.05, 0.1) is 0 Å². The zero-order valence-corrected chi connectivity index (χ0v) is 30.6. The molecule has 0 radical (unpaired) electrons. The van der Waals surface area contributed by atoms with Gasteiger partial charge in [-0.2, -0.15) is 0 Å². The Morgan fingerprint density at radius 1 is 0.161 bits per heavy atom. The van der Waals surface area contributed by atoms with Gasteiger partial charge in [-0.15, -0.1) is 0 Å². The van der Waals surface area contributed by atoms with Crippen molar-refractivity contribution in [2.75, 3.05) is 0 Å². The molecule has 0 heteroatoms. The third kappa shape index (κ3) is 4.48. The number of hydrogen-bond donors (Lipinski definition) is 0. The summed E-state index contributed by atoms with van der Waals surface area (Å²) in [6.07, 6.45) is 0. The van der Waals surface area contributed by atoms with E-state index in [-0.39, 0.29) is 0 Å². The molecule has 0 aliphatic heterocycles. The van der Waals surface area contributed by atoms with Gasteiger partial charge in [0.1, 0.15) is 0 Å². The van der Waals surface area contributed by atoms with Crippen LogP contribution >= 0.6 is 0 Å². The van der Waals surface area contributed by atoms with E-state index < -0.39 is 0 Å². The fourth-order valence-corrected chi connectivity index (χ4v) is 9.80. The molecule has 258 valence electrons. The van der Waals surface area contributed by atoms with Crippen molar-refractivity contribution in [1.29, 1.82) is 0 Å². The summed E-state index contributed by atoms with van der Waals surface area (Å²) >= 11 is 0. The molecular weight excluding hydrogens is 673 g/mol. The van der Waals surface area contributed by atoms with Crippen molar-refractivity contribution >= 4 is 86.2 Å². The fourth-order valence-electron chi connectivity index (χ4n) is 9.80. The lowest BCUT2D eigenvalue weighted by atomic mass is 9.79. The summed E-state index contributed by atoms with van der Waals surface area (Å²) in [6, 6.07) is 76.9. The van der Waals surface area contributed by atoms with Crippen LogP contribution < -0.4 is 0 Å². The second-order valence-electron chi connectivity index (χ2n) is 15.1. The molecule has 0 amide bonds. The highest BCUT2D eigenvalue weighted by Crippen LogP contribution is 2.51. The van der Waals surface area contributed by atoms with Gasteiger partial charge >= 0.3 is 0 Å². The SMILES string of the molecule is c1ccc2c(-c3c(-c4c(-c5cccc6c5ccc5ccccc56)ccc5c6ccccc6c6ccc7ccccc7c6c45)ccc4ccccc34)cccc2c1. The van der Waals surface area contributed by atoms with Gasteiger partial charge in [-0.25, -0.2) is 0 Å². The predicted molar refractivity (Wildman–Crippen MR) is 243 cm³/mol. The first-order chi connectivity index (χ1) is 27.8.